The van der Waals surface area contributed by atoms with Crippen molar-refractivity contribution in [1.29, 1.82) is 0 Å². The van der Waals surface area contributed by atoms with Gasteiger partial charge in [-0.1, -0.05) is 91.8 Å². The van der Waals surface area contributed by atoms with Crippen molar-refractivity contribution in [3.05, 3.63) is 77.4 Å². The van der Waals surface area contributed by atoms with Gasteiger partial charge in [0.05, 0.1) is 0 Å². The first-order valence-electron chi connectivity index (χ1n) is 11.0. The van der Waals surface area contributed by atoms with Gasteiger partial charge in [-0.15, -0.1) is 0 Å². The maximum atomic E-state index is 3.66. The minimum atomic E-state index is 0. The molecular formula is C27H36BrCuN2+. The zero-order valence-electron chi connectivity index (χ0n) is 20.0. The molecule has 4 heteroatoms. The summed E-state index contributed by atoms with van der Waals surface area (Å²) in [6.45, 7) is 18.2. The van der Waals surface area contributed by atoms with Crippen LogP contribution in [0.4, 0.5) is 0 Å². The molecule has 0 aliphatic rings. The second kappa shape index (κ2) is 11.5. The molecule has 0 atom stereocenters. The largest absolute Gasteiger partial charge is 1.00 e. The Hall–Kier alpha value is -1.35. The molecule has 3 aromatic rings. The Morgan fingerprint density at radius 1 is 0.677 bits per heavy atom. The zero-order valence-corrected chi connectivity index (χ0v) is 22.5. The smallest absolute Gasteiger partial charge is 1.00 e. The molecule has 0 unspecified atom stereocenters. The van der Waals surface area contributed by atoms with Crippen LogP contribution in [0.25, 0.3) is 11.4 Å². The summed E-state index contributed by atoms with van der Waals surface area (Å²) in [4.78, 5) is 0. The molecular weight excluding hydrogens is 496 g/mol. The molecule has 0 bridgehead atoms. The molecule has 171 valence electrons. The van der Waals surface area contributed by atoms with Gasteiger partial charge in [0.25, 0.3) is 0 Å². The van der Waals surface area contributed by atoms with E-state index in [1.54, 1.807) is 0 Å². The third-order valence-corrected chi connectivity index (χ3v) is 5.75. The van der Waals surface area contributed by atoms with E-state index in [0.717, 1.165) is 0 Å². The summed E-state index contributed by atoms with van der Waals surface area (Å²) >= 11 is 0. The van der Waals surface area contributed by atoms with Crippen LogP contribution in [0.15, 0.2) is 48.8 Å². The molecule has 2 nitrogen and oxygen atoms in total. The van der Waals surface area contributed by atoms with Crippen molar-refractivity contribution in [2.75, 3.05) is 0 Å². The summed E-state index contributed by atoms with van der Waals surface area (Å²) in [5, 5.41) is 0. The number of para-hydroxylation sites is 2. The van der Waals surface area contributed by atoms with E-state index in [2.05, 4.69) is 120 Å². The van der Waals surface area contributed by atoms with Crippen molar-refractivity contribution in [1.82, 2.24) is 4.57 Å². The van der Waals surface area contributed by atoms with Gasteiger partial charge in [-0.25, -0.2) is 0 Å². The van der Waals surface area contributed by atoms with Crippen molar-refractivity contribution in [2.45, 2.75) is 79.1 Å². The van der Waals surface area contributed by atoms with E-state index < -0.39 is 0 Å². The SMILES string of the molecule is CC(C)c1cccc(C(C)C)c1-n1[c][n+](-c2c(C(C)C)cccc2C(C)C)cc1.[Br-].[Cu+]. The van der Waals surface area contributed by atoms with Crippen LogP contribution >= 0.6 is 0 Å². The van der Waals surface area contributed by atoms with Gasteiger partial charge in [-0.3, -0.25) is 0 Å². The van der Waals surface area contributed by atoms with Gasteiger partial charge in [-0.2, -0.15) is 9.13 Å². The molecule has 0 saturated heterocycles. The molecule has 1 radical (unpaired) electrons. The maximum absolute atomic E-state index is 3.66. The van der Waals surface area contributed by atoms with E-state index in [-0.39, 0.29) is 34.1 Å². The molecule has 0 aliphatic carbocycles. The minimum Gasteiger partial charge on any atom is -1.00 e. The summed E-state index contributed by atoms with van der Waals surface area (Å²) in [6.07, 6.45) is 7.98. The molecule has 0 fully saturated rings. The van der Waals surface area contributed by atoms with E-state index >= 15 is 0 Å². The van der Waals surface area contributed by atoms with E-state index in [1.807, 2.05) is 0 Å². The Kier molecular flexibility index (Phi) is 10.3. The number of benzene rings is 2. The fourth-order valence-electron chi connectivity index (χ4n) is 4.14. The van der Waals surface area contributed by atoms with E-state index in [9.17, 15) is 0 Å². The Morgan fingerprint density at radius 2 is 1.06 bits per heavy atom. The Labute approximate surface area is 210 Å². The van der Waals surface area contributed by atoms with Crippen molar-refractivity contribution >= 4 is 0 Å². The first-order chi connectivity index (χ1) is 13.7. The monoisotopic (exact) mass is 530 g/mol. The van der Waals surface area contributed by atoms with Crippen molar-refractivity contribution in [2.24, 2.45) is 0 Å². The van der Waals surface area contributed by atoms with Gasteiger partial charge < -0.3 is 17.0 Å². The number of hydrogen-bond acceptors (Lipinski definition) is 0. The molecule has 3 rings (SSSR count). The molecule has 31 heavy (non-hydrogen) atoms. The van der Waals surface area contributed by atoms with E-state index in [4.69, 9.17) is 0 Å². The third-order valence-electron chi connectivity index (χ3n) is 5.75. The predicted molar refractivity (Wildman–Crippen MR) is 122 cm³/mol. The molecule has 0 aliphatic heterocycles. The molecule has 0 N–H and O–H groups in total. The van der Waals surface area contributed by atoms with Gasteiger partial charge in [0, 0.05) is 22.3 Å². The first-order valence-corrected chi connectivity index (χ1v) is 11.0. The third kappa shape index (κ3) is 5.72. The van der Waals surface area contributed by atoms with Crippen LogP contribution in [-0.4, -0.2) is 4.57 Å². The van der Waals surface area contributed by atoms with Crippen LogP contribution in [0.3, 0.4) is 0 Å². The van der Waals surface area contributed by atoms with Crippen LogP contribution in [0.2, 0.25) is 0 Å². The van der Waals surface area contributed by atoms with Crippen LogP contribution in [0.1, 0.15) is 101 Å². The zero-order chi connectivity index (χ0) is 21.3. The first kappa shape index (κ1) is 27.7. The summed E-state index contributed by atoms with van der Waals surface area (Å²) in [7, 11) is 0. The number of imidazole rings is 1. The molecule has 1 aromatic heterocycles. The van der Waals surface area contributed by atoms with Gasteiger partial charge in [-0.05, 0) is 23.7 Å². The average molecular weight is 532 g/mol. The number of rotatable bonds is 6. The van der Waals surface area contributed by atoms with Gasteiger partial charge in [0.2, 0.25) is 0 Å². The Balaban J connectivity index is 0.00000240. The number of halogens is 1. The Bertz CT molecular complexity index is 856. The predicted octanol–water partition coefficient (Wildman–Crippen LogP) is 4.05. The normalized spacial score (nSPS) is 11.2. The summed E-state index contributed by atoms with van der Waals surface area (Å²) in [6, 6.07) is 13.4. The second-order valence-corrected chi connectivity index (χ2v) is 9.33. The maximum Gasteiger partial charge on any atom is 1.00 e. The molecule has 2 aromatic carbocycles. The summed E-state index contributed by atoms with van der Waals surface area (Å²) < 4.78 is 4.40. The van der Waals surface area contributed by atoms with Gasteiger partial charge in [0.15, 0.2) is 0 Å². The average Bonchev–Trinajstić information content (AvgIpc) is 3.15. The van der Waals surface area contributed by atoms with Crippen LogP contribution < -0.4 is 21.5 Å². The van der Waals surface area contributed by atoms with Crippen LogP contribution in [0.5, 0.6) is 0 Å². The van der Waals surface area contributed by atoms with Crippen molar-refractivity contribution in [3.8, 4) is 11.4 Å². The molecule has 0 amide bonds. The molecule has 1 heterocycles. The standard InChI is InChI=1S/C27H36N2.BrH.Cu/c1-18(2)22-11-9-12-23(19(3)4)26(22)28-15-16-29(17-28)27-24(20(5)6)13-10-14-25(27)21(7)8;;/h9-16,18-21H,1-8H3;1H;/q+1;;+1/p-1. The van der Waals surface area contributed by atoms with E-state index in [0.29, 0.717) is 23.7 Å². The molecule has 0 spiro atoms. The number of hydrogen-bond donors (Lipinski definition) is 0. The van der Waals surface area contributed by atoms with Crippen LogP contribution in [-0.2, 0) is 17.1 Å². The van der Waals surface area contributed by atoms with Crippen molar-refractivity contribution in [3.63, 3.8) is 0 Å². The Morgan fingerprint density at radius 3 is 1.45 bits per heavy atom. The van der Waals surface area contributed by atoms with E-state index in [1.165, 1.54) is 33.6 Å². The second-order valence-electron chi connectivity index (χ2n) is 9.33. The quantitative estimate of drug-likeness (QED) is 0.335. The van der Waals surface area contributed by atoms with Crippen LogP contribution in [0, 0.1) is 6.33 Å². The number of nitrogens with zero attached hydrogens (tertiary/aromatic N) is 2. The minimum absolute atomic E-state index is 0. The van der Waals surface area contributed by atoms with Crippen molar-refractivity contribution < 1.29 is 38.6 Å². The number of aromatic nitrogens is 2. The topological polar surface area (TPSA) is 8.81 Å². The fraction of sp³-hybridized carbons (Fsp3) is 0.444. The van der Waals surface area contributed by atoms with Gasteiger partial charge >= 0.3 is 23.4 Å². The summed E-state index contributed by atoms with van der Waals surface area (Å²) in [5.74, 6) is 1.84. The summed E-state index contributed by atoms with van der Waals surface area (Å²) in [5.41, 5.74) is 8.05. The van der Waals surface area contributed by atoms with Gasteiger partial charge in [0.1, 0.15) is 23.8 Å². The fourth-order valence-corrected chi connectivity index (χ4v) is 4.14. The molecule has 0 saturated carbocycles.